The van der Waals surface area contributed by atoms with E-state index in [9.17, 15) is 9.90 Å². The molecule has 4 nitrogen and oxygen atoms in total. The van der Waals surface area contributed by atoms with Gasteiger partial charge < -0.3 is 15.7 Å². The van der Waals surface area contributed by atoms with Crippen LogP contribution in [0.5, 0.6) is 5.75 Å². The molecular weight excluding hydrogens is 240 g/mol. The second-order valence-corrected chi connectivity index (χ2v) is 5.22. The summed E-state index contributed by atoms with van der Waals surface area (Å²) in [5, 5.41) is 9.23. The highest BCUT2D eigenvalue weighted by Crippen LogP contribution is 2.14. The lowest BCUT2D eigenvalue weighted by molar-refractivity contribution is -0.132. The first-order valence-corrected chi connectivity index (χ1v) is 6.99. The van der Waals surface area contributed by atoms with Gasteiger partial charge in [0.1, 0.15) is 5.75 Å². The molecule has 0 unspecified atom stereocenters. The number of carbonyl (C=O) groups excluding carboxylic acids is 1. The normalized spacial score (nSPS) is 17.8. The second kappa shape index (κ2) is 6.57. The fourth-order valence-corrected chi connectivity index (χ4v) is 2.50. The molecule has 3 N–H and O–H groups in total. The number of benzene rings is 1. The number of phenolic OH excluding ortho intramolecular Hbond substituents is 1. The predicted octanol–water partition coefficient (Wildman–Crippen LogP) is 1.66. The van der Waals surface area contributed by atoms with Gasteiger partial charge in [0, 0.05) is 13.1 Å². The maximum absolute atomic E-state index is 12.3. The van der Waals surface area contributed by atoms with Crippen LogP contribution in [0.2, 0.25) is 0 Å². The fourth-order valence-electron chi connectivity index (χ4n) is 2.50. The number of rotatable bonds is 3. The maximum atomic E-state index is 12.3. The van der Waals surface area contributed by atoms with E-state index >= 15 is 0 Å². The molecular formula is C15H22N2O2. The molecule has 0 bridgehead atoms. The molecule has 2 rings (SSSR count). The van der Waals surface area contributed by atoms with Crippen molar-refractivity contribution in [1.82, 2.24) is 4.90 Å². The summed E-state index contributed by atoms with van der Waals surface area (Å²) in [5.74, 6) is 0.283. The van der Waals surface area contributed by atoms with E-state index in [0.717, 1.165) is 31.5 Å². The standard InChI is InChI=1S/C15H22N2O2/c16-14(11-12-5-7-13(18)8-6-12)15(19)17-9-3-1-2-4-10-17/h5-8,14,18H,1-4,9-11,16H2/t14-/m0/s1. The van der Waals surface area contributed by atoms with E-state index in [1.807, 2.05) is 17.0 Å². The third-order valence-corrected chi connectivity index (χ3v) is 3.63. The van der Waals surface area contributed by atoms with Crippen LogP contribution in [-0.2, 0) is 11.2 Å². The Kier molecular flexibility index (Phi) is 4.80. The minimum Gasteiger partial charge on any atom is -0.508 e. The van der Waals surface area contributed by atoms with Crippen LogP contribution in [0.25, 0.3) is 0 Å². The molecule has 104 valence electrons. The largest absolute Gasteiger partial charge is 0.508 e. The van der Waals surface area contributed by atoms with Gasteiger partial charge in [0.05, 0.1) is 6.04 Å². The van der Waals surface area contributed by atoms with Crippen molar-refractivity contribution in [3.05, 3.63) is 29.8 Å². The van der Waals surface area contributed by atoms with Crippen LogP contribution in [0.15, 0.2) is 24.3 Å². The van der Waals surface area contributed by atoms with Crippen molar-refractivity contribution in [3.63, 3.8) is 0 Å². The Morgan fingerprint density at radius 3 is 2.32 bits per heavy atom. The summed E-state index contributed by atoms with van der Waals surface area (Å²) in [7, 11) is 0. The lowest BCUT2D eigenvalue weighted by atomic mass is 10.1. The summed E-state index contributed by atoms with van der Waals surface area (Å²) >= 11 is 0. The molecule has 1 aromatic rings. The van der Waals surface area contributed by atoms with Crippen LogP contribution in [0.3, 0.4) is 0 Å². The molecule has 1 aliphatic rings. The Bertz CT molecular complexity index is 409. The molecule has 0 aliphatic carbocycles. The summed E-state index contributed by atoms with van der Waals surface area (Å²) in [5.41, 5.74) is 7.00. The molecule has 1 heterocycles. The number of hydrogen-bond donors (Lipinski definition) is 2. The van der Waals surface area contributed by atoms with Crippen molar-refractivity contribution in [2.24, 2.45) is 5.73 Å². The molecule has 0 spiro atoms. The van der Waals surface area contributed by atoms with Crippen molar-refractivity contribution < 1.29 is 9.90 Å². The number of hydrogen-bond acceptors (Lipinski definition) is 3. The van der Waals surface area contributed by atoms with Gasteiger partial charge >= 0.3 is 0 Å². The lowest BCUT2D eigenvalue weighted by Gasteiger charge is -2.24. The van der Waals surface area contributed by atoms with Gasteiger partial charge in [0.2, 0.25) is 5.91 Å². The topological polar surface area (TPSA) is 66.6 Å². The molecule has 1 amide bonds. The molecule has 1 saturated heterocycles. The first kappa shape index (κ1) is 13.9. The Labute approximate surface area is 114 Å². The number of amides is 1. The van der Waals surface area contributed by atoms with E-state index in [4.69, 9.17) is 5.73 Å². The van der Waals surface area contributed by atoms with Gasteiger partial charge in [-0.15, -0.1) is 0 Å². The van der Waals surface area contributed by atoms with Crippen molar-refractivity contribution in [2.45, 2.75) is 38.1 Å². The molecule has 1 aromatic carbocycles. The van der Waals surface area contributed by atoms with Crippen LogP contribution in [0, 0.1) is 0 Å². The van der Waals surface area contributed by atoms with Crippen LogP contribution in [0.1, 0.15) is 31.2 Å². The monoisotopic (exact) mass is 262 g/mol. The van der Waals surface area contributed by atoms with Crippen molar-refractivity contribution in [2.75, 3.05) is 13.1 Å². The van der Waals surface area contributed by atoms with E-state index in [1.165, 1.54) is 12.8 Å². The molecule has 1 aliphatic heterocycles. The number of phenols is 1. The summed E-state index contributed by atoms with van der Waals surface area (Å²) in [6, 6.07) is 6.38. The molecule has 1 fully saturated rings. The zero-order valence-electron chi connectivity index (χ0n) is 11.2. The van der Waals surface area contributed by atoms with Crippen molar-refractivity contribution in [3.8, 4) is 5.75 Å². The number of aromatic hydroxyl groups is 1. The molecule has 1 atom stereocenters. The average molecular weight is 262 g/mol. The van der Waals surface area contributed by atoms with Gasteiger partial charge in [0.25, 0.3) is 0 Å². The molecule has 0 aromatic heterocycles. The van der Waals surface area contributed by atoms with Crippen LogP contribution < -0.4 is 5.73 Å². The SMILES string of the molecule is N[C@@H](Cc1ccc(O)cc1)C(=O)N1CCCCCC1. The van der Waals surface area contributed by atoms with Crippen molar-refractivity contribution >= 4 is 5.91 Å². The van der Waals surface area contributed by atoms with E-state index in [-0.39, 0.29) is 11.7 Å². The summed E-state index contributed by atoms with van der Waals surface area (Å²) in [4.78, 5) is 14.2. The molecule has 0 saturated carbocycles. The smallest absolute Gasteiger partial charge is 0.239 e. The average Bonchev–Trinajstić information content (AvgIpc) is 2.69. The minimum atomic E-state index is -0.484. The molecule has 19 heavy (non-hydrogen) atoms. The van der Waals surface area contributed by atoms with Gasteiger partial charge in [-0.05, 0) is 37.0 Å². The summed E-state index contributed by atoms with van der Waals surface area (Å²) < 4.78 is 0. The number of nitrogens with zero attached hydrogens (tertiary/aromatic N) is 1. The molecule has 0 radical (unpaired) electrons. The quantitative estimate of drug-likeness (QED) is 0.870. The minimum absolute atomic E-state index is 0.0509. The van der Waals surface area contributed by atoms with Gasteiger partial charge in [-0.1, -0.05) is 25.0 Å². The number of nitrogens with two attached hydrogens (primary N) is 1. The van der Waals surface area contributed by atoms with Gasteiger partial charge in [-0.25, -0.2) is 0 Å². The maximum Gasteiger partial charge on any atom is 0.239 e. The predicted molar refractivity (Wildman–Crippen MR) is 74.8 cm³/mol. The Balaban J connectivity index is 1.92. The Morgan fingerprint density at radius 1 is 1.16 bits per heavy atom. The van der Waals surface area contributed by atoms with Crippen LogP contribution in [0.4, 0.5) is 0 Å². The summed E-state index contributed by atoms with van der Waals surface area (Å²) in [6.45, 7) is 1.67. The highest BCUT2D eigenvalue weighted by atomic mass is 16.3. The molecule has 4 heteroatoms. The third-order valence-electron chi connectivity index (χ3n) is 3.63. The van der Waals surface area contributed by atoms with E-state index in [2.05, 4.69) is 0 Å². The van der Waals surface area contributed by atoms with E-state index in [1.54, 1.807) is 12.1 Å². The Morgan fingerprint density at radius 2 is 1.74 bits per heavy atom. The third kappa shape index (κ3) is 3.96. The Hall–Kier alpha value is -1.55. The first-order chi connectivity index (χ1) is 9.16. The van der Waals surface area contributed by atoms with Crippen molar-refractivity contribution in [1.29, 1.82) is 0 Å². The fraction of sp³-hybridized carbons (Fsp3) is 0.533. The van der Waals surface area contributed by atoms with Gasteiger partial charge in [-0.3, -0.25) is 4.79 Å². The highest BCUT2D eigenvalue weighted by molar-refractivity contribution is 5.82. The zero-order valence-corrected chi connectivity index (χ0v) is 11.2. The zero-order chi connectivity index (χ0) is 13.7. The lowest BCUT2D eigenvalue weighted by Crippen LogP contribution is -2.45. The first-order valence-electron chi connectivity index (χ1n) is 6.99. The van der Waals surface area contributed by atoms with E-state index < -0.39 is 6.04 Å². The summed E-state index contributed by atoms with van der Waals surface area (Å²) in [6.07, 6.45) is 5.10. The van der Waals surface area contributed by atoms with Crippen LogP contribution in [-0.4, -0.2) is 35.0 Å². The van der Waals surface area contributed by atoms with E-state index in [0.29, 0.717) is 6.42 Å². The number of likely N-dealkylation sites (tertiary alicyclic amines) is 1. The van der Waals surface area contributed by atoms with Gasteiger partial charge in [-0.2, -0.15) is 0 Å². The number of carbonyl (C=O) groups is 1. The second-order valence-electron chi connectivity index (χ2n) is 5.22. The van der Waals surface area contributed by atoms with Crippen LogP contribution >= 0.6 is 0 Å². The van der Waals surface area contributed by atoms with Gasteiger partial charge in [0.15, 0.2) is 0 Å². The highest BCUT2D eigenvalue weighted by Gasteiger charge is 2.21.